The van der Waals surface area contributed by atoms with Gasteiger partial charge in [0.15, 0.2) is 6.61 Å². The van der Waals surface area contributed by atoms with Crippen molar-refractivity contribution in [1.82, 2.24) is 0 Å². The Kier molecular flexibility index (Phi) is 5.05. The largest absolute Gasteiger partial charge is 0.497 e. The first-order valence-electron chi connectivity index (χ1n) is 6.62. The number of Topliss-reactive ketones (excluding diaryl/α,β-unsaturated/α-hetero) is 1. The molecule has 0 heterocycles. The average Bonchev–Trinajstić information content (AvgIpc) is 2.59. The number of carbonyl (C=O) groups is 1. The van der Waals surface area contributed by atoms with E-state index in [4.69, 9.17) is 20.6 Å². The molecule has 0 spiro atoms. The first kappa shape index (κ1) is 15.5. The van der Waals surface area contributed by atoms with E-state index >= 15 is 0 Å². The molecule has 0 aliphatic heterocycles. The Bertz CT molecular complexity index is 713. The molecule has 4 nitrogen and oxygen atoms in total. The van der Waals surface area contributed by atoms with E-state index in [2.05, 4.69) is 5.92 Å². The smallest absolute Gasteiger partial charge is 0.204 e. The van der Waals surface area contributed by atoms with E-state index in [-0.39, 0.29) is 12.4 Å². The molecule has 0 amide bonds. The molecule has 2 aromatic carbocycles. The molecule has 0 saturated heterocycles. The summed E-state index contributed by atoms with van der Waals surface area (Å²) >= 11 is 0. The van der Waals surface area contributed by atoms with Gasteiger partial charge in [-0.2, -0.15) is 0 Å². The van der Waals surface area contributed by atoms with E-state index in [1.165, 1.54) is 14.2 Å². The SMILES string of the molecule is C#Cc1cccc(OCC(=O)c2cc(OC)ccc2OC)c1. The van der Waals surface area contributed by atoms with Crippen LogP contribution in [0.2, 0.25) is 0 Å². The Balaban J connectivity index is 2.13. The number of ether oxygens (including phenoxy) is 3. The van der Waals surface area contributed by atoms with Crippen molar-refractivity contribution in [2.75, 3.05) is 20.8 Å². The third kappa shape index (κ3) is 3.58. The van der Waals surface area contributed by atoms with Crippen LogP contribution >= 0.6 is 0 Å². The molecule has 0 saturated carbocycles. The molecule has 0 bridgehead atoms. The Labute approximate surface area is 129 Å². The lowest BCUT2D eigenvalue weighted by Gasteiger charge is -2.10. The van der Waals surface area contributed by atoms with Crippen molar-refractivity contribution in [3.8, 4) is 29.6 Å². The minimum atomic E-state index is -0.207. The van der Waals surface area contributed by atoms with E-state index in [1.807, 2.05) is 0 Å². The lowest BCUT2D eigenvalue weighted by molar-refractivity contribution is 0.0918. The molecule has 4 heteroatoms. The third-order valence-corrected chi connectivity index (χ3v) is 3.08. The monoisotopic (exact) mass is 296 g/mol. The number of methoxy groups -OCH3 is 2. The standard InChI is InChI=1S/C18H16O4/c1-4-13-6-5-7-15(10-13)22-12-17(19)16-11-14(20-2)8-9-18(16)21-3/h1,5-11H,12H2,2-3H3. The summed E-state index contributed by atoms with van der Waals surface area (Å²) in [6.45, 7) is -0.114. The average molecular weight is 296 g/mol. The highest BCUT2D eigenvalue weighted by molar-refractivity contribution is 6.00. The Morgan fingerprint density at radius 2 is 1.91 bits per heavy atom. The summed E-state index contributed by atoms with van der Waals surface area (Å²) in [7, 11) is 3.05. The molecule has 0 unspecified atom stereocenters. The molecule has 0 aliphatic rings. The van der Waals surface area contributed by atoms with Crippen LogP contribution < -0.4 is 14.2 Å². The van der Waals surface area contributed by atoms with E-state index in [9.17, 15) is 4.79 Å². The summed E-state index contributed by atoms with van der Waals surface area (Å²) in [5, 5.41) is 0. The number of hydrogen-bond acceptors (Lipinski definition) is 4. The molecular formula is C18H16O4. The summed E-state index contributed by atoms with van der Waals surface area (Å²) in [5.41, 5.74) is 1.11. The molecule has 2 aromatic rings. The van der Waals surface area contributed by atoms with Crippen molar-refractivity contribution in [3.63, 3.8) is 0 Å². The van der Waals surface area contributed by atoms with Gasteiger partial charge < -0.3 is 14.2 Å². The van der Waals surface area contributed by atoms with Crippen LogP contribution in [-0.4, -0.2) is 26.6 Å². The van der Waals surface area contributed by atoms with Crippen molar-refractivity contribution < 1.29 is 19.0 Å². The minimum absolute atomic E-state index is 0.114. The topological polar surface area (TPSA) is 44.8 Å². The number of hydrogen-bond donors (Lipinski definition) is 0. The lowest BCUT2D eigenvalue weighted by atomic mass is 10.1. The maximum Gasteiger partial charge on any atom is 0.204 e. The van der Waals surface area contributed by atoms with E-state index in [1.54, 1.807) is 42.5 Å². The zero-order valence-corrected chi connectivity index (χ0v) is 12.5. The first-order valence-corrected chi connectivity index (χ1v) is 6.62. The fourth-order valence-electron chi connectivity index (χ4n) is 1.93. The molecule has 0 aromatic heterocycles. The predicted octanol–water partition coefficient (Wildman–Crippen LogP) is 2.95. The molecule has 0 N–H and O–H groups in total. The highest BCUT2D eigenvalue weighted by atomic mass is 16.5. The van der Waals surface area contributed by atoms with Gasteiger partial charge in [-0.05, 0) is 36.4 Å². The summed E-state index contributed by atoms with van der Waals surface area (Å²) in [6.07, 6.45) is 5.33. The van der Waals surface area contributed by atoms with Gasteiger partial charge in [-0.3, -0.25) is 4.79 Å². The quantitative estimate of drug-likeness (QED) is 0.607. The van der Waals surface area contributed by atoms with Crippen molar-refractivity contribution in [1.29, 1.82) is 0 Å². The summed E-state index contributed by atoms with van der Waals surface area (Å²) in [4.78, 5) is 12.3. The van der Waals surface area contributed by atoms with E-state index < -0.39 is 0 Å². The van der Waals surface area contributed by atoms with Crippen molar-refractivity contribution >= 4 is 5.78 Å². The number of ketones is 1. The number of carbonyl (C=O) groups excluding carboxylic acids is 1. The second-order valence-corrected chi connectivity index (χ2v) is 4.45. The maximum atomic E-state index is 12.3. The van der Waals surface area contributed by atoms with Crippen LogP contribution in [0, 0.1) is 12.3 Å². The van der Waals surface area contributed by atoms with Crippen LogP contribution in [0.3, 0.4) is 0 Å². The molecule has 0 fully saturated rings. The molecule has 0 aliphatic carbocycles. The van der Waals surface area contributed by atoms with Gasteiger partial charge in [0, 0.05) is 5.56 Å². The molecule has 0 atom stereocenters. The van der Waals surface area contributed by atoms with E-state index in [0.29, 0.717) is 28.4 Å². The number of benzene rings is 2. The summed E-state index contributed by atoms with van der Waals surface area (Å²) < 4.78 is 15.8. The molecule has 2 rings (SSSR count). The number of rotatable bonds is 6. The highest BCUT2D eigenvalue weighted by Crippen LogP contribution is 2.24. The fourth-order valence-corrected chi connectivity index (χ4v) is 1.93. The van der Waals surface area contributed by atoms with Crippen molar-refractivity contribution in [2.24, 2.45) is 0 Å². The van der Waals surface area contributed by atoms with Gasteiger partial charge in [0.1, 0.15) is 17.2 Å². The fraction of sp³-hybridized carbons (Fsp3) is 0.167. The van der Waals surface area contributed by atoms with Gasteiger partial charge in [0.25, 0.3) is 0 Å². The molecule has 112 valence electrons. The Morgan fingerprint density at radius 1 is 1.09 bits per heavy atom. The molecular weight excluding hydrogens is 280 g/mol. The van der Waals surface area contributed by atoms with Crippen LogP contribution in [0.4, 0.5) is 0 Å². The van der Waals surface area contributed by atoms with Crippen LogP contribution in [0.1, 0.15) is 15.9 Å². The van der Waals surface area contributed by atoms with Gasteiger partial charge >= 0.3 is 0 Å². The zero-order valence-electron chi connectivity index (χ0n) is 12.5. The van der Waals surface area contributed by atoms with Crippen molar-refractivity contribution in [2.45, 2.75) is 0 Å². The van der Waals surface area contributed by atoms with Gasteiger partial charge in [-0.15, -0.1) is 6.42 Å². The normalized spacial score (nSPS) is 9.68. The molecule has 22 heavy (non-hydrogen) atoms. The van der Waals surface area contributed by atoms with Crippen LogP contribution in [0.25, 0.3) is 0 Å². The van der Waals surface area contributed by atoms with Crippen LogP contribution in [-0.2, 0) is 0 Å². The maximum absolute atomic E-state index is 12.3. The molecule has 0 radical (unpaired) electrons. The zero-order chi connectivity index (χ0) is 15.9. The predicted molar refractivity (Wildman–Crippen MR) is 83.7 cm³/mol. The van der Waals surface area contributed by atoms with Crippen LogP contribution in [0.15, 0.2) is 42.5 Å². The second-order valence-electron chi connectivity index (χ2n) is 4.45. The van der Waals surface area contributed by atoms with Gasteiger partial charge in [-0.1, -0.05) is 12.0 Å². The third-order valence-electron chi connectivity index (χ3n) is 3.08. The van der Waals surface area contributed by atoms with E-state index in [0.717, 1.165) is 0 Å². The second kappa shape index (κ2) is 7.19. The lowest BCUT2D eigenvalue weighted by Crippen LogP contribution is -2.13. The Morgan fingerprint density at radius 3 is 2.59 bits per heavy atom. The minimum Gasteiger partial charge on any atom is -0.497 e. The summed E-state index contributed by atoms with van der Waals surface area (Å²) in [5.74, 6) is 3.92. The van der Waals surface area contributed by atoms with Gasteiger partial charge in [0.05, 0.1) is 19.8 Å². The van der Waals surface area contributed by atoms with Crippen LogP contribution in [0.5, 0.6) is 17.2 Å². The van der Waals surface area contributed by atoms with Gasteiger partial charge in [0.2, 0.25) is 5.78 Å². The Hall–Kier alpha value is -2.93. The summed E-state index contributed by atoms with van der Waals surface area (Å²) in [6, 6.07) is 12.1. The van der Waals surface area contributed by atoms with Crippen molar-refractivity contribution in [3.05, 3.63) is 53.6 Å². The first-order chi connectivity index (χ1) is 10.7. The highest BCUT2D eigenvalue weighted by Gasteiger charge is 2.14. The van der Waals surface area contributed by atoms with Gasteiger partial charge in [-0.25, -0.2) is 0 Å². The number of terminal acetylenes is 1.